The highest BCUT2D eigenvalue weighted by atomic mass is 15.3. The molecule has 2 heteroatoms. The second-order valence-electron chi connectivity index (χ2n) is 3.60. The van der Waals surface area contributed by atoms with Gasteiger partial charge in [0.05, 0.1) is 0 Å². The van der Waals surface area contributed by atoms with E-state index in [4.69, 9.17) is 0 Å². The third kappa shape index (κ3) is 2.17. The standard InChI is InChI=1S/C9H20N2/c1-4-8(2)9(3)11-6-5-10-7-11/h8-10H,4-7H2,1-3H3. The van der Waals surface area contributed by atoms with E-state index in [9.17, 15) is 0 Å². The van der Waals surface area contributed by atoms with Crippen molar-refractivity contribution in [2.45, 2.75) is 33.2 Å². The van der Waals surface area contributed by atoms with E-state index in [1.54, 1.807) is 0 Å². The van der Waals surface area contributed by atoms with Crippen LogP contribution in [-0.2, 0) is 0 Å². The third-order valence-corrected chi connectivity index (χ3v) is 2.93. The minimum atomic E-state index is 0.745. The van der Waals surface area contributed by atoms with Crippen LogP contribution in [0.2, 0.25) is 0 Å². The van der Waals surface area contributed by atoms with Gasteiger partial charge < -0.3 is 5.32 Å². The van der Waals surface area contributed by atoms with Gasteiger partial charge in [0.15, 0.2) is 0 Å². The van der Waals surface area contributed by atoms with Crippen molar-refractivity contribution in [1.29, 1.82) is 0 Å². The summed E-state index contributed by atoms with van der Waals surface area (Å²) in [7, 11) is 0. The highest BCUT2D eigenvalue weighted by Crippen LogP contribution is 2.14. The minimum absolute atomic E-state index is 0.745. The van der Waals surface area contributed by atoms with Gasteiger partial charge in [0, 0.05) is 25.8 Å². The predicted octanol–water partition coefficient (Wildman–Crippen LogP) is 1.28. The molecule has 0 bridgehead atoms. The zero-order valence-electron chi connectivity index (χ0n) is 7.93. The van der Waals surface area contributed by atoms with Crippen LogP contribution in [0.25, 0.3) is 0 Å². The van der Waals surface area contributed by atoms with E-state index in [0.717, 1.165) is 18.6 Å². The van der Waals surface area contributed by atoms with Gasteiger partial charge in [-0.05, 0) is 12.8 Å². The Hall–Kier alpha value is -0.0800. The molecule has 1 rings (SSSR count). The lowest BCUT2D eigenvalue weighted by atomic mass is 10.00. The van der Waals surface area contributed by atoms with Crippen LogP contribution in [0.15, 0.2) is 0 Å². The van der Waals surface area contributed by atoms with Gasteiger partial charge >= 0.3 is 0 Å². The Labute approximate surface area is 70.0 Å². The summed E-state index contributed by atoms with van der Waals surface area (Å²) in [5, 5.41) is 3.36. The molecule has 2 nitrogen and oxygen atoms in total. The highest BCUT2D eigenvalue weighted by Gasteiger charge is 2.20. The molecule has 0 saturated carbocycles. The van der Waals surface area contributed by atoms with Crippen LogP contribution >= 0.6 is 0 Å². The Morgan fingerprint density at radius 3 is 2.64 bits per heavy atom. The number of nitrogens with zero attached hydrogens (tertiary/aromatic N) is 1. The Balaban J connectivity index is 2.32. The van der Waals surface area contributed by atoms with E-state index >= 15 is 0 Å². The molecule has 0 aromatic carbocycles. The molecule has 2 unspecified atom stereocenters. The second-order valence-corrected chi connectivity index (χ2v) is 3.60. The first-order valence-electron chi connectivity index (χ1n) is 4.70. The fourth-order valence-corrected chi connectivity index (χ4v) is 1.57. The lowest BCUT2D eigenvalue weighted by Gasteiger charge is -2.27. The molecule has 1 N–H and O–H groups in total. The lowest BCUT2D eigenvalue weighted by Crippen LogP contribution is -2.36. The van der Waals surface area contributed by atoms with E-state index in [1.807, 2.05) is 0 Å². The van der Waals surface area contributed by atoms with Crippen molar-refractivity contribution in [3.05, 3.63) is 0 Å². The van der Waals surface area contributed by atoms with Crippen LogP contribution < -0.4 is 5.32 Å². The van der Waals surface area contributed by atoms with Crippen molar-refractivity contribution >= 4 is 0 Å². The van der Waals surface area contributed by atoms with Crippen LogP contribution in [0.3, 0.4) is 0 Å². The molecule has 1 fully saturated rings. The van der Waals surface area contributed by atoms with E-state index in [0.29, 0.717) is 0 Å². The van der Waals surface area contributed by atoms with Crippen LogP contribution in [0, 0.1) is 5.92 Å². The summed E-state index contributed by atoms with van der Waals surface area (Å²) in [5.41, 5.74) is 0. The maximum atomic E-state index is 3.36. The molecule has 1 saturated heterocycles. The summed E-state index contributed by atoms with van der Waals surface area (Å²) in [6.07, 6.45) is 1.29. The fourth-order valence-electron chi connectivity index (χ4n) is 1.57. The number of rotatable bonds is 3. The van der Waals surface area contributed by atoms with Crippen molar-refractivity contribution in [3.8, 4) is 0 Å². The summed E-state index contributed by atoms with van der Waals surface area (Å²) < 4.78 is 0. The molecule has 1 aliphatic rings. The third-order valence-electron chi connectivity index (χ3n) is 2.93. The summed E-state index contributed by atoms with van der Waals surface area (Å²) in [6.45, 7) is 10.4. The molecular formula is C9H20N2. The Morgan fingerprint density at radius 2 is 2.18 bits per heavy atom. The fraction of sp³-hybridized carbons (Fsp3) is 1.00. The summed E-state index contributed by atoms with van der Waals surface area (Å²) in [4.78, 5) is 2.52. The monoisotopic (exact) mass is 156 g/mol. The van der Waals surface area contributed by atoms with Gasteiger partial charge in [-0.3, -0.25) is 4.90 Å². The summed E-state index contributed by atoms with van der Waals surface area (Å²) >= 11 is 0. The number of hydrogen-bond donors (Lipinski definition) is 1. The normalized spacial score (nSPS) is 25.4. The number of hydrogen-bond acceptors (Lipinski definition) is 2. The molecule has 0 spiro atoms. The molecule has 0 aromatic rings. The molecular weight excluding hydrogens is 136 g/mol. The van der Waals surface area contributed by atoms with Crippen molar-refractivity contribution < 1.29 is 0 Å². The van der Waals surface area contributed by atoms with Gasteiger partial charge in [-0.1, -0.05) is 20.3 Å². The van der Waals surface area contributed by atoms with E-state index in [1.165, 1.54) is 19.5 Å². The summed E-state index contributed by atoms with van der Waals surface area (Å²) in [6, 6.07) is 0.745. The maximum absolute atomic E-state index is 3.36. The zero-order valence-corrected chi connectivity index (χ0v) is 7.93. The molecule has 0 amide bonds. The van der Waals surface area contributed by atoms with E-state index in [2.05, 4.69) is 31.0 Å². The first-order chi connectivity index (χ1) is 5.25. The molecule has 0 aromatic heterocycles. The number of nitrogens with one attached hydrogen (secondary N) is 1. The molecule has 0 radical (unpaired) electrons. The molecule has 11 heavy (non-hydrogen) atoms. The van der Waals surface area contributed by atoms with Gasteiger partial charge in [0.2, 0.25) is 0 Å². The zero-order chi connectivity index (χ0) is 8.27. The topological polar surface area (TPSA) is 15.3 Å². The first kappa shape index (κ1) is 9.01. The van der Waals surface area contributed by atoms with Gasteiger partial charge in [-0.25, -0.2) is 0 Å². The van der Waals surface area contributed by atoms with Gasteiger partial charge in [-0.15, -0.1) is 0 Å². The molecule has 1 heterocycles. The minimum Gasteiger partial charge on any atom is -0.303 e. The van der Waals surface area contributed by atoms with Crippen molar-refractivity contribution in [2.75, 3.05) is 19.8 Å². The van der Waals surface area contributed by atoms with Crippen LogP contribution in [0.4, 0.5) is 0 Å². The first-order valence-corrected chi connectivity index (χ1v) is 4.70. The average Bonchev–Trinajstić information content (AvgIpc) is 2.53. The van der Waals surface area contributed by atoms with Crippen LogP contribution in [0.1, 0.15) is 27.2 Å². The lowest BCUT2D eigenvalue weighted by molar-refractivity contribution is 0.193. The Bertz CT molecular complexity index is 108. The van der Waals surface area contributed by atoms with Crippen molar-refractivity contribution in [3.63, 3.8) is 0 Å². The Morgan fingerprint density at radius 1 is 1.45 bits per heavy atom. The van der Waals surface area contributed by atoms with E-state index in [-0.39, 0.29) is 0 Å². The van der Waals surface area contributed by atoms with E-state index < -0.39 is 0 Å². The van der Waals surface area contributed by atoms with Crippen LogP contribution in [0.5, 0.6) is 0 Å². The van der Waals surface area contributed by atoms with Crippen LogP contribution in [-0.4, -0.2) is 30.7 Å². The molecule has 2 atom stereocenters. The Kier molecular flexibility index (Phi) is 3.34. The quantitative estimate of drug-likeness (QED) is 0.662. The predicted molar refractivity (Wildman–Crippen MR) is 48.5 cm³/mol. The van der Waals surface area contributed by atoms with Crippen molar-refractivity contribution in [2.24, 2.45) is 5.92 Å². The van der Waals surface area contributed by atoms with Crippen molar-refractivity contribution in [1.82, 2.24) is 10.2 Å². The maximum Gasteiger partial charge on any atom is 0.0484 e. The molecule has 66 valence electrons. The average molecular weight is 156 g/mol. The second kappa shape index (κ2) is 4.07. The highest BCUT2D eigenvalue weighted by molar-refractivity contribution is 4.75. The smallest absolute Gasteiger partial charge is 0.0484 e. The van der Waals surface area contributed by atoms with Gasteiger partial charge in [0.25, 0.3) is 0 Å². The van der Waals surface area contributed by atoms with Gasteiger partial charge in [0.1, 0.15) is 0 Å². The largest absolute Gasteiger partial charge is 0.303 e. The SMILES string of the molecule is CCC(C)C(C)N1CCNC1. The molecule has 0 aliphatic carbocycles. The van der Waals surface area contributed by atoms with Gasteiger partial charge in [-0.2, -0.15) is 0 Å². The summed E-state index contributed by atoms with van der Waals surface area (Å²) in [5.74, 6) is 0.829. The molecule has 1 aliphatic heterocycles.